The van der Waals surface area contributed by atoms with Gasteiger partial charge in [-0.1, -0.05) is 6.07 Å². The van der Waals surface area contributed by atoms with Gasteiger partial charge in [-0.15, -0.1) is 0 Å². The summed E-state index contributed by atoms with van der Waals surface area (Å²) in [5, 5.41) is 12.2. The molecule has 0 aliphatic carbocycles. The minimum absolute atomic E-state index is 0.0627. The van der Waals surface area contributed by atoms with Crippen molar-refractivity contribution in [2.45, 2.75) is 6.54 Å². The lowest BCUT2D eigenvalue weighted by Crippen LogP contribution is -2.46. The van der Waals surface area contributed by atoms with Crippen LogP contribution < -0.4 is 15.0 Å². The highest BCUT2D eigenvalue weighted by atomic mass is 19.1. The van der Waals surface area contributed by atoms with Crippen molar-refractivity contribution in [3.05, 3.63) is 83.1 Å². The molecular weight excluding hydrogens is 440 g/mol. The third-order valence-corrected chi connectivity index (χ3v) is 5.74. The lowest BCUT2D eigenvalue weighted by atomic mass is 10.1. The maximum absolute atomic E-state index is 14.0. The number of amides is 1. The van der Waals surface area contributed by atoms with E-state index in [0.717, 1.165) is 5.69 Å². The molecule has 0 radical (unpaired) electrons. The van der Waals surface area contributed by atoms with Crippen LogP contribution >= 0.6 is 0 Å². The smallest absolute Gasteiger partial charge is 0.261 e. The number of hydrogen-bond acceptors (Lipinski definition) is 6. The number of hydrogen-bond donors (Lipinski definition) is 1. The lowest BCUT2D eigenvalue weighted by Gasteiger charge is -2.37. The molecule has 1 amide bonds. The fourth-order valence-electron chi connectivity index (χ4n) is 3.95. The fourth-order valence-corrected chi connectivity index (χ4v) is 3.95. The lowest BCUT2D eigenvalue weighted by molar-refractivity contribution is 0.102. The summed E-state index contributed by atoms with van der Waals surface area (Å²) in [5.74, 6) is -1.31. The summed E-state index contributed by atoms with van der Waals surface area (Å²) in [7, 11) is 1.44. The Bertz CT molecular complexity index is 1220. The van der Waals surface area contributed by atoms with Gasteiger partial charge in [-0.2, -0.15) is 5.26 Å². The first kappa shape index (κ1) is 23.1. The van der Waals surface area contributed by atoms with Gasteiger partial charge in [0.15, 0.2) is 0 Å². The number of nitrogens with zero attached hydrogens (tertiary/aromatic N) is 4. The highest BCUT2D eigenvalue weighted by molar-refractivity contribution is 6.07. The summed E-state index contributed by atoms with van der Waals surface area (Å²) >= 11 is 0. The average molecular weight is 463 g/mol. The van der Waals surface area contributed by atoms with Gasteiger partial charge in [0, 0.05) is 44.5 Å². The van der Waals surface area contributed by atoms with Crippen LogP contribution in [0.4, 0.5) is 20.2 Å². The predicted octanol–water partition coefficient (Wildman–Crippen LogP) is 3.81. The number of pyridine rings is 1. The third kappa shape index (κ3) is 4.97. The molecule has 0 bridgehead atoms. The highest BCUT2D eigenvalue weighted by Gasteiger charge is 2.23. The molecule has 1 fully saturated rings. The van der Waals surface area contributed by atoms with Gasteiger partial charge in [-0.3, -0.25) is 9.69 Å². The second kappa shape index (κ2) is 10.3. The van der Waals surface area contributed by atoms with Gasteiger partial charge in [-0.25, -0.2) is 13.8 Å². The minimum Gasteiger partial charge on any atom is -0.480 e. The van der Waals surface area contributed by atoms with Crippen molar-refractivity contribution in [1.29, 1.82) is 5.26 Å². The summed E-state index contributed by atoms with van der Waals surface area (Å²) in [6, 6.07) is 14.3. The molecule has 7 nitrogen and oxygen atoms in total. The number of carbonyl (C=O) groups excluding carboxylic acids is 1. The zero-order valence-electron chi connectivity index (χ0n) is 18.6. The molecule has 0 atom stereocenters. The number of carbonyl (C=O) groups is 1. The number of ether oxygens (including phenoxy) is 1. The third-order valence-electron chi connectivity index (χ3n) is 5.74. The molecule has 0 saturated carbocycles. The van der Waals surface area contributed by atoms with E-state index in [1.165, 1.54) is 31.5 Å². The average Bonchev–Trinajstić information content (AvgIpc) is 2.86. The van der Waals surface area contributed by atoms with E-state index in [-0.39, 0.29) is 23.6 Å². The van der Waals surface area contributed by atoms with E-state index in [1.807, 2.05) is 4.90 Å². The zero-order chi connectivity index (χ0) is 24.1. The van der Waals surface area contributed by atoms with Gasteiger partial charge in [0.25, 0.3) is 5.91 Å². The molecular formula is C25H23F2N5O2. The Morgan fingerprint density at radius 1 is 1.12 bits per heavy atom. The van der Waals surface area contributed by atoms with Crippen molar-refractivity contribution >= 4 is 17.3 Å². The second-order valence-corrected chi connectivity index (χ2v) is 7.82. The first-order chi connectivity index (χ1) is 16.5. The molecule has 0 spiro atoms. The number of methoxy groups -OCH3 is 1. The standard InChI is InChI=1S/C25H23F2N5O2/c1-34-25-18(4-3-9-29-25)24(33)30-22-14-17(15-28)7-8-23(22)32-12-10-31(11-13-32)16-19-20(26)5-2-6-21(19)27/h2-9,14H,10-13,16H2,1H3,(H,30,33). The first-order valence-electron chi connectivity index (χ1n) is 10.7. The first-order valence-corrected chi connectivity index (χ1v) is 10.7. The summed E-state index contributed by atoms with van der Waals surface area (Å²) in [4.78, 5) is 21.1. The minimum atomic E-state index is -0.551. The summed E-state index contributed by atoms with van der Waals surface area (Å²) in [6.07, 6.45) is 1.53. The van der Waals surface area contributed by atoms with E-state index < -0.39 is 17.5 Å². The van der Waals surface area contributed by atoms with Crippen LogP contribution in [0.1, 0.15) is 21.5 Å². The number of piperazine rings is 1. The largest absolute Gasteiger partial charge is 0.480 e. The normalized spacial score (nSPS) is 13.9. The van der Waals surface area contributed by atoms with Gasteiger partial charge >= 0.3 is 0 Å². The van der Waals surface area contributed by atoms with Crippen LogP contribution in [0.3, 0.4) is 0 Å². The Labute approximate surface area is 196 Å². The molecule has 9 heteroatoms. The van der Waals surface area contributed by atoms with Gasteiger partial charge in [-0.05, 0) is 42.5 Å². The molecule has 2 aromatic carbocycles. The molecule has 2 heterocycles. The van der Waals surface area contributed by atoms with Crippen molar-refractivity contribution in [2.75, 3.05) is 43.5 Å². The zero-order valence-corrected chi connectivity index (χ0v) is 18.6. The van der Waals surface area contributed by atoms with Gasteiger partial charge in [0.2, 0.25) is 5.88 Å². The number of rotatable bonds is 6. The van der Waals surface area contributed by atoms with Crippen molar-refractivity contribution < 1.29 is 18.3 Å². The van der Waals surface area contributed by atoms with Crippen molar-refractivity contribution in [3.63, 3.8) is 0 Å². The van der Waals surface area contributed by atoms with Gasteiger partial charge < -0.3 is 15.0 Å². The maximum Gasteiger partial charge on any atom is 0.261 e. The van der Waals surface area contributed by atoms with Crippen molar-refractivity contribution in [3.8, 4) is 11.9 Å². The molecule has 4 rings (SSSR count). The Morgan fingerprint density at radius 3 is 2.53 bits per heavy atom. The number of nitrogens with one attached hydrogen (secondary N) is 1. The number of anilines is 2. The van der Waals surface area contributed by atoms with Gasteiger partial charge in [0.1, 0.15) is 17.2 Å². The van der Waals surface area contributed by atoms with E-state index in [9.17, 15) is 18.8 Å². The molecule has 1 saturated heterocycles. The summed E-state index contributed by atoms with van der Waals surface area (Å²) in [5.41, 5.74) is 1.99. The van der Waals surface area contributed by atoms with E-state index in [2.05, 4.69) is 21.3 Å². The fraction of sp³-hybridized carbons (Fsp3) is 0.240. The SMILES string of the molecule is COc1ncccc1C(=O)Nc1cc(C#N)ccc1N1CCN(Cc2c(F)cccc2F)CC1. The molecule has 0 unspecified atom stereocenters. The molecule has 3 aromatic rings. The van der Waals surface area contributed by atoms with Crippen LogP contribution in [0.2, 0.25) is 0 Å². The van der Waals surface area contributed by atoms with E-state index in [0.29, 0.717) is 37.4 Å². The highest BCUT2D eigenvalue weighted by Crippen LogP contribution is 2.30. The van der Waals surface area contributed by atoms with Crippen LogP contribution in [0, 0.1) is 23.0 Å². The number of nitriles is 1. The van der Waals surface area contributed by atoms with Gasteiger partial charge in [0.05, 0.1) is 30.1 Å². The summed E-state index contributed by atoms with van der Waals surface area (Å²) in [6.45, 7) is 2.52. The van der Waals surface area contributed by atoms with Crippen LogP contribution in [0.15, 0.2) is 54.7 Å². The number of halogens is 2. The monoisotopic (exact) mass is 463 g/mol. The van der Waals surface area contributed by atoms with E-state index in [1.54, 1.807) is 30.3 Å². The molecule has 1 aliphatic rings. The predicted molar refractivity (Wildman–Crippen MR) is 124 cm³/mol. The second-order valence-electron chi connectivity index (χ2n) is 7.82. The number of aromatic nitrogens is 1. The quantitative estimate of drug-likeness (QED) is 0.599. The molecule has 174 valence electrons. The van der Waals surface area contributed by atoms with Crippen LogP contribution in [0.25, 0.3) is 0 Å². The Hall–Kier alpha value is -4.03. The Balaban J connectivity index is 1.50. The van der Waals surface area contributed by atoms with Crippen LogP contribution in [-0.2, 0) is 6.54 Å². The summed E-state index contributed by atoms with van der Waals surface area (Å²) < 4.78 is 33.2. The topological polar surface area (TPSA) is 81.5 Å². The van der Waals surface area contributed by atoms with E-state index >= 15 is 0 Å². The molecule has 1 aromatic heterocycles. The van der Waals surface area contributed by atoms with Crippen molar-refractivity contribution in [2.24, 2.45) is 0 Å². The molecule has 34 heavy (non-hydrogen) atoms. The number of benzene rings is 2. The Kier molecular flexibility index (Phi) is 6.99. The molecule has 1 N–H and O–H groups in total. The maximum atomic E-state index is 14.0. The molecule has 1 aliphatic heterocycles. The van der Waals surface area contributed by atoms with Crippen LogP contribution in [-0.4, -0.2) is 49.1 Å². The van der Waals surface area contributed by atoms with E-state index in [4.69, 9.17) is 4.74 Å². The van der Waals surface area contributed by atoms with Crippen molar-refractivity contribution in [1.82, 2.24) is 9.88 Å². The van der Waals surface area contributed by atoms with Crippen LogP contribution in [0.5, 0.6) is 5.88 Å². The Morgan fingerprint density at radius 2 is 1.85 bits per heavy atom.